The molecule has 0 aliphatic carbocycles. The lowest BCUT2D eigenvalue weighted by Crippen LogP contribution is -2.30. The summed E-state index contributed by atoms with van der Waals surface area (Å²) in [5, 5.41) is 11.9. The van der Waals surface area contributed by atoms with Crippen molar-refractivity contribution in [2.75, 3.05) is 5.32 Å². The minimum Gasteiger partial charge on any atom is -0.345 e. The second kappa shape index (κ2) is 7.41. The number of benzene rings is 1. The van der Waals surface area contributed by atoms with Crippen molar-refractivity contribution in [3.05, 3.63) is 54.4 Å². The Bertz CT molecular complexity index is 726. The molecule has 0 saturated heterocycles. The first-order valence-corrected chi connectivity index (χ1v) is 7.47. The highest BCUT2D eigenvalue weighted by atomic mass is 16.2. The van der Waals surface area contributed by atoms with Crippen LogP contribution >= 0.6 is 0 Å². The fourth-order valence-electron chi connectivity index (χ4n) is 2.31. The number of anilines is 1. The normalized spacial score (nSPS) is 11.7. The van der Waals surface area contributed by atoms with Gasteiger partial charge < -0.3 is 9.88 Å². The number of carbonyl (C=O) groups excluding carboxylic acids is 2. The van der Waals surface area contributed by atoms with Gasteiger partial charge in [0.2, 0.25) is 11.7 Å². The standard InChI is InChI=1S/C18H19N3O2/c1-13(2)12-21-10-6-9-16(21)17(22)15(11-19)18(23)20-14-7-4-3-5-8-14/h3-10,13,15H,12H2,1-2H3,(H,20,23). The molecule has 1 aromatic carbocycles. The van der Waals surface area contributed by atoms with E-state index in [4.69, 9.17) is 0 Å². The molecule has 0 aliphatic heterocycles. The maximum Gasteiger partial charge on any atom is 0.249 e. The second-order valence-electron chi connectivity index (χ2n) is 5.72. The van der Waals surface area contributed by atoms with Crippen molar-refractivity contribution in [3.8, 4) is 6.07 Å². The van der Waals surface area contributed by atoms with Crippen molar-refractivity contribution < 1.29 is 9.59 Å². The molecule has 118 valence electrons. The second-order valence-corrected chi connectivity index (χ2v) is 5.72. The zero-order chi connectivity index (χ0) is 16.8. The summed E-state index contributed by atoms with van der Waals surface area (Å²) in [5.41, 5.74) is 0.941. The fourth-order valence-corrected chi connectivity index (χ4v) is 2.31. The van der Waals surface area contributed by atoms with Gasteiger partial charge >= 0.3 is 0 Å². The third kappa shape index (κ3) is 4.07. The first kappa shape index (κ1) is 16.5. The van der Waals surface area contributed by atoms with E-state index in [0.717, 1.165) is 0 Å². The fraction of sp³-hybridized carbons (Fsp3) is 0.278. The zero-order valence-corrected chi connectivity index (χ0v) is 13.2. The number of nitriles is 1. The van der Waals surface area contributed by atoms with Crippen LogP contribution in [0.3, 0.4) is 0 Å². The maximum absolute atomic E-state index is 12.6. The number of amides is 1. The van der Waals surface area contributed by atoms with E-state index < -0.39 is 17.6 Å². The summed E-state index contributed by atoms with van der Waals surface area (Å²) >= 11 is 0. The zero-order valence-electron chi connectivity index (χ0n) is 13.2. The van der Waals surface area contributed by atoms with Gasteiger partial charge in [0.1, 0.15) is 0 Å². The van der Waals surface area contributed by atoms with E-state index in [1.165, 1.54) is 0 Å². The number of aromatic nitrogens is 1. The molecule has 5 nitrogen and oxygen atoms in total. The van der Waals surface area contributed by atoms with Gasteiger partial charge in [-0.25, -0.2) is 0 Å². The van der Waals surface area contributed by atoms with E-state index in [0.29, 0.717) is 23.8 Å². The number of carbonyl (C=O) groups is 2. The third-order valence-electron chi connectivity index (χ3n) is 3.34. The van der Waals surface area contributed by atoms with E-state index in [1.807, 2.05) is 26.0 Å². The topological polar surface area (TPSA) is 74.9 Å². The van der Waals surface area contributed by atoms with Crippen LogP contribution < -0.4 is 5.32 Å². The van der Waals surface area contributed by atoms with Crippen LogP contribution in [0.2, 0.25) is 0 Å². The summed E-state index contributed by atoms with van der Waals surface area (Å²) in [6.45, 7) is 4.74. The largest absolute Gasteiger partial charge is 0.345 e. The lowest BCUT2D eigenvalue weighted by atomic mass is 10.0. The number of ketones is 1. The van der Waals surface area contributed by atoms with Gasteiger partial charge in [-0.3, -0.25) is 9.59 Å². The van der Waals surface area contributed by atoms with Crippen molar-refractivity contribution in [1.29, 1.82) is 5.26 Å². The van der Waals surface area contributed by atoms with E-state index in [2.05, 4.69) is 5.32 Å². The Hall–Kier alpha value is -2.87. The van der Waals surface area contributed by atoms with Crippen LogP contribution in [0.15, 0.2) is 48.7 Å². The Kier molecular flexibility index (Phi) is 5.32. The third-order valence-corrected chi connectivity index (χ3v) is 3.34. The Labute approximate surface area is 135 Å². The van der Waals surface area contributed by atoms with Gasteiger partial charge in [-0.2, -0.15) is 5.26 Å². The Balaban J connectivity index is 2.17. The predicted octanol–water partition coefficient (Wildman–Crippen LogP) is 3.11. The number of para-hydroxylation sites is 1. The number of nitrogens with zero attached hydrogens (tertiary/aromatic N) is 2. The van der Waals surface area contributed by atoms with Gasteiger partial charge in [-0.1, -0.05) is 32.0 Å². The van der Waals surface area contributed by atoms with Crippen LogP contribution in [0, 0.1) is 23.2 Å². The van der Waals surface area contributed by atoms with Crippen molar-refractivity contribution in [2.45, 2.75) is 20.4 Å². The molecule has 1 amide bonds. The monoisotopic (exact) mass is 309 g/mol. The minimum atomic E-state index is -1.36. The van der Waals surface area contributed by atoms with Crippen molar-refractivity contribution in [3.63, 3.8) is 0 Å². The Morgan fingerprint density at radius 1 is 1.17 bits per heavy atom. The highest BCUT2D eigenvalue weighted by Gasteiger charge is 2.29. The van der Waals surface area contributed by atoms with Crippen LogP contribution in [0.25, 0.3) is 0 Å². The Morgan fingerprint density at radius 3 is 2.48 bits per heavy atom. The van der Waals surface area contributed by atoms with E-state index >= 15 is 0 Å². The Morgan fingerprint density at radius 2 is 1.87 bits per heavy atom. The molecule has 23 heavy (non-hydrogen) atoms. The maximum atomic E-state index is 12.6. The van der Waals surface area contributed by atoms with Crippen molar-refractivity contribution in [1.82, 2.24) is 4.57 Å². The first-order chi connectivity index (χ1) is 11.0. The van der Waals surface area contributed by atoms with Crippen LogP contribution in [0.5, 0.6) is 0 Å². The number of nitrogens with one attached hydrogen (secondary N) is 1. The van der Waals surface area contributed by atoms with Gasteiger partial charge in [0.15, 0.2) is 5.92 Å². The molecule has 0 aliphatic rings. The summed E-state index contributed by atoms with van der Waals surface area (Å²) in [5.74, 6) is -2.10. The molecule has 1 heterocycles. The summed E-state index contributed by atoms with van der Waals surface area (Å²) < 4.78 is 1.78. The summed E-state index contributed by atoms with van der Waals surface area (Å²) in [7, 11) is 0. The number of rotatable bonds is 6. The molecule has 2 rings (SSSR count). The van der Waals surface area contributed by atoms with Crippen LogP contribution in [0.1, 0.15) is 24.3 Å². The van der Waals surface area contributed by atoms with Gasteiger partial charge in [0.25, 0.3) is 0 Å². The smallest absolute Gasteiger partial charge is 0.249 e. The predicted molar refractivity (Wildman–Crippen MR) is 87.8 cm³/mol. The van der Waals surface area contributed by atoms with Crippen molar-refractivity contribution in [2.24, 2.45) is 11.8 Å². The highest BCUT2D eigenvalue weighted by molar-refractivity contribution is 6.15. The summed E-state index contributed by atoms with van der Waals surface area (Å²) in [4.78, 5) is 24.8. The van der Waals surface area contributed by atoms with Gasteiger partial charge in [-0.15, -0.1) is 0 Å². The van der Waals surface area contributed by atoms with E-state index in [1.54, 1.807) is 47.2 Å². The lowest BCUT2D eigenvalue weighted by Gasteiger charge is -2.13. The highest BCUT2D eigenvalue weighted by Crippen LogP contribution is 2.15. The van der Waals surface area contributed by atoms with Crippen LogP contribution in [-0.4, -0.2) is 16.3 Å². The molecule has 1 unspecified atom stereocenters. The molecule has 1 atom stereocenters. The average molecular weight is 309 g/mol. The van der Waals surface area contributed by atoms with E-state index in [-0.39, 0.29) is 0 Å². The number of hydrogen-bond donors (Lipinski definition) is 1. The van der Waals surface area contributed by atoms with Crippen LogP contribution in [0.4, 0.5) is 5.69 Å². The summed E-state index contributed by atoms with van der Waals surface area (Å²) in [6.07, 6.45) is 1.79. The molecular weight excluding hydrogens is 290 g/mol. The molecular formula is C18H19N3O2. The molecule has 0 radical (unpaired) electrons. The molecule has 1 N–H and O–H groups in total. The molecule has 1 aromatic heterocycles. The van der Waals surface area contributed by atoms with Gasteiger partial charge in [0, 0.05) is 18.4 Å². The molecule has 5 heteroatoms. The van der Waals surface area contributed by atoms with Crippen molar-refractivity contribution >= 4 is 17.4 Å². The first-order valence-electron chi connectivity index (χ1n) is 7.47. The SMILES string of the molecule is CC(C)Cn1cccc1C(=O)C(C#N)C(=O)Nc1ccccc1. The molecule has 0 fully saturated rings. The number of hydrogen-bond acceptors (Lipinski definition) is 3. The lowest BCUT2D eigenvalue weighted by molar-refractivity contribution is -0.117. The van der Waals surface area contributed by atoms with Crippen LogP contribution in [-0.2, 0) is 11.3 Å². The molecule has 2 aromatic rings. The van der Waals surface area contributed by atoms with E-state index in [9.17, 15) is 14.9 Å². The van der Waals surface area contributed by atoms with Gasteiger partial charge in [-0.05, 0) is 30.2 Å². The molecule has 0 spiro atoms. The minimum absolute atomic E-state index is 0.354. The van der Waals surface area contributed by atoms with Gasteiger partial charge in [0.05, 0.1) is 11.8 Å². The quantitative estimate of drug-likeness (QED) is 0.658. The average Bonchev–Trinajstić information content (AvgIpc) is 2.96. The molecule has 0 saturated carbocycles. The number of Topliss-reactive ketones (excluding diaryl/α,β-unsaturated/α-hetero) is 1. The summed E-state index contributed by atoms with van der Waals surface area (Å²) in [6, 6.07) is 14.0. The molecule has 0 bridgehead atoms.